The molecular weight excluding hydrogens is 271 g/mol. The topological polar surface area (TPSA) is 64.3 Å². The first-order chi connectivity index (χ1) is 10.0. The number of carbonyl (C=O) groups excluding carboxylic acids is 1. The number of aryl methyl sites for hydroxylation is 1. The molecule has 0 aliphatic rings. The highest BCUT2D eigenvalue weighted by Gasteiger charge is 2.06. The summed E-state index contributed by atoms with van der Waals surface area (Å²) in [5.41, 5.74) is 7.51. The van der Waals surface area contributed by atoms with Crippen molar-refractivity contribution < 1.29 is 13.9 Å². The fourth-order valence-corrected chi connectivity index (χ4v) is 1.77. The highest BCUT2D eigenvalue weighted by atomic mass is 19.1. The largest absolute Gasteiger partial charge is 0.493 e. The number of nitrogens with one attached hydrogen (secondary N) is 1. The van der Waals surface area contributed by atoms with Crippen LogP contribution in [0.15, 0.2) is 42.5 Å². The first-order valence-corrected chi connectivity index (χ1v) is 6.59. The molecule has 0 heterocycles. The van der Waals surface area contributed by atoms with Crippen molar-refractivity contribution in [2.24, 2.45) is 0 Å². The Hall–Kier alpha value is -2.56. The number of hydrogen-bond acceptors (Lipinski definition) is 3. The Morgan fingerprint density at radius 2 is 1.95 bits per heavy atom. The average molecular weight is 288 g/mol. The zero-order chi connectivity index (χ0) is 15.2. The van der Waals surface area contributed by atoms with Gasteiger partial charge in [-0.25, -0.2) is 4.39 Å². The van der Waals surface area contributed by atoms with Gasteiger partial charge in [0.2, 0.25) is 5.91 Å². The molecule has 0 saturated carbocycles. The van der Waals surface area contributed by atoms with Crippen LogP contribution in [0.4, 0.5) is 15.8 Å². The van der Waals surface area contributed by atoms with Gasteiger partial charge in [-0.1, -0.05) is 6.07 Å². The Morgan fingerprint density at radius 1 is 1.24 bits per heavy atom. The van der Waals surface area contributed by atoms with Gasteiger partial charge in [0.1, 0.15) is 11.6 Å². The van der Waals surface area contributed by atoms with Crippen molar-refractivity contribution in [1.82, 2.24) is 0 Å². The second-order valence-corrected chi connectivity index (χ2v) is 4.67. The number of carbonyl (C=O) groups is 1. The molecule has 0 radical (unpaired) electrons. The van der Waals surface area contributed by atoms with Crippen molar-refractivity contribution >= 4 is 17.3 Å². The van der Waals surface area contributed by atoms with E-state index in [0.29, 0.717) is 17.1 Å². The average Bonchev–Trinajstić information content (AvgIpc) is 2.45. The summed E-state index contributed by atoms with van der Waals surface area (Å²) < 4.78 is 18.6. The Kier molecular flexibility index (Phi) is 4.77. The molecule has 0 aliphatic carbocycles. The standard InChI is InChI=1S/C16H17FN2O2/c1-11-2-3-12(17)10-15(11)19-16(20)8-9-21-14-6-4-13(18)5-7-14/h2-7,10H,8-9,18H2,1H3,(H,19,20). The third-order valence-corrected chi connectivity index (χ3v) is 2.95. The molecule has 0 aromatic heterocycles. The molecule has 2 rings (SSSR count). The second-order valence-electron chi connectivity index (χ2n) is 4.67. The molecule has 2 aromatic rings. The molecule has 0 saturated heterocycles. The molecule has 0 aliphatic heterocycles. The maximum absolute atomic E-state index is 13.1. The van der Waals surface area contributed by atoms with E-state index in [0.717, 1.165) is 5.56 Å². The Labute approximate surface area is 122 Å². The molecule has 0 spiro atoms. The summed E-state index contributed by atoms with van der Waals surface area (Å²) in [6.07, 6.45) is 0.181. The Balaban J connectivity index is 1.82. The molecule has 110 valence electrons. The first-order valence-electron chi connectivity index (χ1n) is 6.59. The van der Waals surface area contributed by atoms with Crippen molar-refractivity contribution in [2.75, 3.05) is 17.7 Å². The molecule has 1 amide bonds. The van der Waals surface area contributed by atoms with Crippen LogP contribution in [0.25, 0.3) is 0 Å². The van der Waals surface area contributed by atoms with Gasteiger partial charge >= 0.3 is 0 Å². The summed E-state index contributed by atoms with van der Waals surface area (Å²) in [4.78, 5) is 11.8. The Morgan fingerprint density at radius 3 is 2.67 bits per heavy atom. The number of amides is 1. The maximum Gasteiger partial charge on any atom is 0.227 e. The summed E-state index contributed by atoms with van der Waals surface area (Å²) in [5.74, 6) is 0.0482. The van der Waals surface area contributed by atoms with Gasteiger partial charge in [0.15, 0.2) is 0 Å². The molecule has 0 unspecified atom stereocenters. The van der Waals surface area contributed by atoms with E-state index >= 15 is 0 Å². The molecule has 0 fully saturated rings. The minimum Gasteiger partial charge on any atom is -0.493 e. The van der Waals surface area contributed by atoms with Gasteiger partial charge in [-0.15, -0.1) is 0 Å². The van der Waals surface area contributed by atoms with Crippen molar-refractivity contribution in [2.45, 2.75) is 13.3 Å². The van der Waals surface area contributed by atoms with Crippen LogP contribution in [0.5, 0.6) is 5.75 Å². The van der Waals surface area contributed by atoms with Crippen LogP contribution in [0, 0.1) is 12.7 Å². The third-order valence-electron chi connectivity index (χ3n) is 2.95. The van der Waals surface area contributed by atoms with E-state index in [1.54, 1.807) is 37.3 Å². The molecule has 21 heavy (non-hydrogen) atoms. The van der Waals surface area contributed by atoms with Crippen molar-refractivity contribution in [3.63, 3.8) is 0 Å². The van der Waals surface area contributed by atoms with Crippen molar-refractivity contribution in [3.8, 4) is 5.75 Å². The molecule has 4 nitrogen and oxygen atoms in total. The number of rotatable bonds is 5. The molecule has 2 aromatic carbocycles. The first kappa shape index (κ1) is 14.8. The third kappa shape index (κ3) is 4.49. The van der Waals surface area contributed by atoms with Crippen LogP contribution in [0.3, 0.4) is 0 Å². The minimum absolute atomic E-state index is 0.181. The predicted octanol–water partition coefficient (Wildman–Crippen LogP) is 3.12. The molecular formula is C16H17FN2O2. The lowest BCUT2D eigenvalue weighted by molar-refractivity contribution is -0.116. The fraction of sp³-hybridized carbons (Fsp3) is 0.188. The maximum atomic E-state index is 13.1. The summed E-state index contributed by atoms with van der Waals surface area (Å²) in [7, 11) is 0. The smallest absolute Gasteiger partial charge is 0.227 e. The van der Waals surface area contributed by atoms with E-state index in [1.165, 1.54) is 12.1 Å². The van der Waals surface area contributed by atoms with Crippen molar-refractivity contribution in [3.05, 3.63) is 53.8 Å². The van der Waals surface area contributed by atoms with Gasteiger partial charge in [-0.05, 0) is 48.9 Å². The van der Waals surface area contributed by atoms with Gasteiger partial charge < -0.3 is 15.8 Å². The minimum atomic E-state index is -0.381. The van der Waals surface area contributed by atoms with E-state index in [1.807, 2.05) is 0 Å². The van der Waals surface area contributed by atoms with Crippen LogP contribution in [0.1, 0.15) is 12.0 Å². The normalized spacial score (nSPS) is 10.2. The second kappa shape index (κ2) is 6.74. The SMILES string of the molecule is Cc1ccc(F)cc1NC(=O)CCOc1ccc(N)cc1. The van der Waals surface area contributed by atoms with Gasteiger partial charge in [0, 0.05) is 11.4 Å². The van der Waals surface area contributed by atoms with Gasteiger partial charge in [0.05, 0.1) is 13.0 Å². The highest BCUT2D eigenvalue weighted by Crippen LogP contribution is 2.16. The number of hydrogen-bond donors (Lipinski definition) is 2. The predicted molar refractivity (Wildman–Crippen MR) is 80.7 cm³/mol. The van der Waals surface area contributed by atoms with E-state index < -0.39 is 0 Å². The van der Waals surface area contributed by atoms with E-state index in [2.05, 4.69) is 5.32 Å². The van der Waals surface area contributed by atoms with Crippen LogP contribution in [-0.4, -0.2) is 12.5 Å². The van der Waals surface area contributed by atoms with E-state index in [9.17, 15) is 9.18 Å². The summed E-state index contributed by atoms with van der Waals surface area (Å²) in [5, 5.41) is 2.67. The number of ether oxygens (including phenoxy) is 1. The number of nitrogen functional groups attached to an aromatic ring is 1. The van der Waals surface area contributed by atoms with Crippen LogP contribution in [0.2, 0.25) is 0 Å². The van der Waals surface area contributed by atoms with Gasteiger partial charge in [-0.3, -0.25) is 4.79 Å². The van der Waals surface area contributed by atoms with Crippen LogP contribution < -0.4 is 15.8 Å². The fourth-order valence-electron chi connectivity index (χ4n) is 1.77. The Bertz CT molecular complexity index is 627. The van der Waals surface area contributed by atoms with Crippen molar-refractivity contribution in [1.29, 1.82) is 0 Å². The monoisotopic (exact) mass is 288 g/mol. The molecule has 0 atom stereocenters. The molecule has 0 bridgehead atoms. The van der Waals surface area contributed by atoms with Gasteiger partial charge in [0.25, 0.3) is 0 Å². The lowest BCUT2D eigenvalue weighted by Gasteiger charge is -2.09. The zero-order valence-electron chi connectivity index (χ0n) is 11.7. The summed E-state index contributed by atoms with van der Waals surface area (Å²) in [6.45, 7) is 2.05. The number of nitrogens with two attached hydrogens (primary N) is 1. The number of benzene rings is 2. The molecule has 3 N–H and O–H groups in total. The van der Waals surface area contributed by atoms with E-state index in [4.69, 9.17) is 10.5 Å². The van der Waals surface area contributed by atoms with Crippen LogP contribution in [-0.2, 0) is 4.79 Å². The van der Waals surface area contributed by atoms with Crippen LogP contribution >= 0.6 is 0 Å². The summed E-state index contributed by atoms with van der Waals surface area (Å²) >= 11 is 0. The summed E-state index contributed by atoms with van der Waals surface area (Å²) in [6, 6.07) is 11.2. The lowest BCUT2D eigenvalue weighted by atomic mass is 10.2. The molecule has 5 heteroatoms. The highest BCUT2D eigenvalue weighted by molar-refractivity contribution is 5.91. The number of halogens is 1. The van der Waals surface area contributed by atoms with Gasteiger partial charge in [-0.2, -0.15) is 0 Å². The zero-order valence-corrected chi connectivity index (χ0v) is 11.7. The lowest BCUT2D eigenvalue weighted by Crippen LogP contribution is -2.16. The number of anilines is 2. The van der Waals surface area contributed by atoms with E-state index in [-0.39, 0.29) is 24.8 Å². The quantitative estimate of drug-likeness (QED) is 0.831.